The molecule has 1 heterocycles. The van der Waals surface area contributed by atoms with Crippen molar-refractivity contribution in [2.24, 2.45) is 10.9 Å². The highest BCUT2D eigenvalue weighted by atomic mass is 19.1. The predicted octanol–water partition coefficient (Wildman–Crippen LogP) is 2.56. The Morgan fingerprint density at radius 3 is 2.84 bits per heavy atom. The first-order valence-electron chi connectivity index (χ1n) is 8.79. The van der Waals surface area contributed by atoms with E-state index in [4.69, 9.17) is 0 Å². The summed E-state index contributed by atoms with van der Waals surface area (Å²) in [5.74, 6) is 1.05. The van der Waals surface area contributed by atoms with Crippen LogP contribution in [0, 0.1) is 11.7 Å². The molecular weight excluding hydrogens is 317 g/mol. The Kier molecular flexibility index (Phi) is 5.36. The minimum atomic E-state index is -0.168. The van der Waals surface area contributed by atoms with E-state index in [0.717, 1.165) is 44.0 Å². The third kappa shape index (κ3) is 4.59. The number of nitrogens with zero attached hydrogens (tertiary/aromatic N) is 3. The SMILES string of the molecule is CN=C(NCC(C)Cn1cccn1)NCC1(c2cccc(F)c2)CC1. The van der Waals surface area contributed by atoms with Crippen LogP contribution in [0.3, 0.4) is 0 Å². The van der Waals surface area contributed by atoms with Crippen molar-refractivity contribution in [2.75, 3.05) is 20.1 Å². The topological polar surface area (TPSA) is 54.2 Å². The molecule has 1 atom stereocenters. The van der Waals surface area contributed by atoms with Gasteiger partial charge in [0.1, 0.15) is 5.82 Å². The molecule has 0 aliphatic heterocycles. The third-order valence-corrected chi connectivity index (χ3v) is 4.78. The maximum Gasteiger partial charge on any atom is 0.191 e. The van der Waals surface area contributed by atoms with Gasteiger partial charge in [-0.3, -0.25) is 9.67 Å². The van der Waals surface area contributed by atoms with E-state index in [2.05, 4.69) is 27.6 Å². The first-order chi connectivity index (χ1) is 12.1. The molecule has 1 fully saturated rings. The lowest BCUT2D eigenvalue weighted by Gasteiger charge is -2.20. The van der Waals surface area contributed by atoms with E-state index in [0.29, 0.717) is 5.92 Å². The largest absolute Gasteiger partial charge is 0.356 e. The van der Waals surface area contributed by atoms with Crippen LogP contribution in [0.2, 0.25) is 0 Å². The number of aliphatic imine (C=N–C) groups is 1. The molecule has 134 valence electrons. The fourth-order valence-corrected chi connectivity index (χ4v) is 3.07. The van der Waals surface area contributed by atoms with E-state index in [-0.39, 0.29) is 11.2 Å². The summed E-state index contributed by atoms with van der Waals surface area (Å²) >= 11 is 0. The van der Waals surface area contributed by atoms with Crippen molar-refractivity contribution in [3.63, 3.8) is 0 Å². The van der Waals surface area contributed by atoms with Crippen LogP contribution in [-0.2, 0) is 12.0 Å². The highest BCUT2D eigenvalue weighted by Crippen LogP contribution is 2.47. The van der Waals surface area contributed by atoms with Crippen LogP contribution in [0.1, 0.15) is 25.3 Å². The first kappa shape index (κ1) is 17.5. The lowest BCUT2D eigenvalue weighted by molar-refractivity contribution is 0.443. The number of halogens is 1. The summed E-state index contributed by atoms with van der Waals surface area (Å²) in [6, 6.07) is 8.88. The molecule has 1 saturated carbocycles. The molecule has 1 aliphatic rings. The number of hydrogen-bond donors (Lipinski definition) is 2. The summed E-state index contributed by atoms with van der Waals surface area (Å²) in [7, 11) is 1.77. The van der Waals surface area contributed by atoms with Crippen molar-refractivity contribution >= 4 is 5.96 Å². The number of rotatable bonds is 7. The van der Waals surface area contributed by atoms with Crippen molar-refractivity contribution in [1.29, 1.82) is 0 Å². The Hall–Kier alpha value is -2.37. The monoisotopic (exact) mass is 343 g/mol. The van der Waals surface area contributed by atoms with Gasteiger partial charge >= 0.3 is 0 Å². The van der Waals surface area contributed by atoms with Gasteiger partial charge in [-0.15, -0.1) is 0 Å². The zero-order chi connectivity index (χ0) is 17.7. The van der Waals surface area contributed by atoms with Crippen LogP contribution in [0.25, 0.3) is 0 Å². The second kappa shape index (κ2) is 7.68. The quantitative estimate of drug-likeness (QED) is 0.600. The highest BCUT2D eigenvalue weighted by Gasteiger charge is 2.44. The Morgan fingerprint density at radius 2 is 2.20 bits per heavy atom. The second-order valence-electron chi connectivity index (χ2n) is 6.93. The first-order valence-corrected chi connectivity index (χ1v) is 8.79. The van der Waals surface area contributed by atoms with Crippen LogP contribution in [-0.4, -0.2) is 35.9 Å². The Labute approximate surface area is 148 Å². The Morgan fingerprint density at radius 1 is 1.36 bits per heavy atom. The van der Waals surface area contributed by atoms with E-state index in [9.17, 15) is 4.39 Å². The zero-order valence-electron chi connectivity index (χ0n) is 14.9. The predicted molar refractivity (Wildman–Crippen MR) is 98.1 cm³/mol. The summed E-state index contributed by atoms with van der Waals surface area (Å²) < 4.78 is 15.4. The standard InChI is InChI=1S/C19H26FN5/c1-15(13-25-10-4-9-24-25)12-22-18(21-2)23-14-19(7-8-19)16-5-3-6-17(20)11-16/h3-6,9-11,15H,7-8,12-14H2,1-2H3,(H2,21,22,23). The summed E-state index contributed by atoms with van der Waals surface area (Å²) in [5, 5.41) is 11.0. The Balaban J connectivity index is 1.48. The van der Waals surface area contributed by atoms with E-state index in [1.165, 1.54) is 6.07 Å². The van der Waals surface area contributed by atoms with E-state index in [1.807, 2.05) is 23.0 Å². The van der Waals surface area contributed by atoms with Gasteiger partial charge < -0.3 is 10.6 Å². The molecule has 2 aromatic rings. The maximum absolute atomic E-state index is 13.5. The Bertz CT molecular complexity index is 706. The van der Waals surface area contributed by atoms with E-state index < -0.39 is 0 Å². The van der Waals surface area contributed by atoms with E-state index >= 15 is 0 Å². The molecule has 0 radical (unpaired) electrons. The number of nitrogens with one attached hydrogen (secondary N) is 2. The number of guanidine groups is 1. The fraction of sp³-hybridized carbons (Fsp3) is 0.474. The molecule has 3 rings (SSSR count). The van der Waals surface area contributed by atoms with Crippen molar-refractivity contribution in [2.45, 2.75) is 31.7 Å². The molecule has 1 aromatic carbocycles. The van der Waals surface area contributed by atoms with Crippen LogP contribution in [0.4, 0.5) is 4.39 Å². The molecule has 0 saturated heterocycles. The van der Waals surface area contributed by atoms with E-state index in [1.54, 1.807) is 25.4 Å². The lowest BCUT2D eigenvalue weighted by atomic mass is 9.96. The molecule has 25 heavy (non-hydrogen) atoms. The number of benzene rings is 1. The maximum atomic E-state index is 13.5. The normalized spacial score (nSPS) is 17.2. The molecule has 0 bridgehead atoms. The van der Waals surface area contributed by atoms with Crippen molar-refractivity contribution < 1.29 is 4.39 Å². The van der Waals surface area contributed by atoms with Gasteiger partial charge in [0.05, 0.1) is 0 Å². The van der Waals surface area contributed by atoms with Crippen LogP contribution in [0.15, 0.2) is 47.7 Å². The third-order valence-electron chi connectivity index (χ3n) is 4.78. The van der Waals surface area contributed by atoms with Crippen LogP contribution >= 0.6 is 0 Å². The van der Waals surface area contributed by atoms with Gasteiger partial charge in [-0.05, 0) is 42.5 Å². The fourth-order valence-electron chi connectivity index (χ4n) is 3.07. The van der Waals surface area contributed by atoms with Crippen LogP contribution in [0.5, 0.6) is 0 Å². The van der Waals surface area contributed by atoms with Crippen molar-refractivity contribution in [1.82, 2.24) is 20.4 Å². The highest BCUT2D eigenvalue weighted by molar-refractivity contribution is 5.79. The van der Waals surface area contributed by atoms with Gasteiger partial charge in [0.25, 0.3) is 0 Å². The number of aromatic nitrogens is 2. The van der Waals surface area contributed by atoms with Crippen molar-refractivity contribution in [3.8, 4) is 0 Å². The molecule has 5 nitrogen and oxygen atoms in total. The van der Waals surface area contributed by atoms with Crippen molar-refractivity contribution in [3.05, 3.63) is 54.1 Å². The molecule has 2 N–H and O–H groups in total. The molecular formula is C19H26FN5. The average Bonchev–Trinajstić information content (AvgIpc) is 3.23. The smallest absolute Gasteiger partial charge is 0.191 e. The lowest BCUT2D eigenvalue weighted by Crippen LogP contribution is -2.43. The summed E-state index contributed by atoms with van der Waals surface area (Å²) in [5.41, 5.74) is 1.11. The van der Waals surface area contributed by atoms with Gasteiger partial charge in [-0.2, -0.15) is 5.10 Å². The number of hydrogen-bond acceptors (Lipinski definition) is 2. The van der Waals surface area contributed by atoms with Gasteiger partial charge in [0, 0.05) is 44.5 Å². The molecule has 1 aromatic heterocycles. The molecule has 6 heteroatoms. The van der Waals surface area contributed by atoms with Gasteiger partial charge in [0.2, 0.25) is 0 Å². The summed E-state index contributed by atoms with van der Waals surface area (Å²) in [6.45, 7) is 4.62. The summed E-state index contributed by atoms with van der Waals surface area (Å²) in [4.78, 5) is 4.30. The molecule has 0 amide bonds. The average molecular weight is 343 g/mol. The van der Waals surface area contributed by atoms with Gasteiger partial charge in [-0.25, -0.2) is 4.39 Å². The van der Waals surface area contributed by atoms with Gasteiger partial charge in [-0.1, -0.05) is 19.1 Å². The zero-order valence-corrected chi connectivity index (χ0v) is 14.9. The van der Waals surface area contributed by atoms with Crippen LogP contribution < -0.4 is 10.6 Å². The van der Waals surface area contributed by atoms with Gasteiger partial charge in [0.15, 0.2) is 5.96 Å². The molecule has 1 unspecified atom stereocenters. The minimum absolute atomic E-state index is 0.0421. The minimum Gasteiger partial charge on any atom is -0.356 e. The molecule has 1 aliphatic carbocycles. The molecule has 0 spiro atoms. The second-order valence-corrected chi connectivity index (χ2v) is 6.93. The summed E-state index contributed by atoms with van der Waals surface area (Å²) in [6.07, 6.45) is 5.92.